The molecule has 2 atom stereocenters. The largest absolute Gasteiger partial charge is 0.382 e. The van der Waals surface area contributed by atoms with Crippen LogP contribution in [0.4, 0.5) is 5.69 Å². The number of halogens is 1. The normalized spacial score (nSPS) is 23.4. The van der Waals surface area contributed by atoms with Crippen LogP contribution < -0.4 is 11.1 Å². The summed E-state index contributed by atoms with van der Waals surface area (Å²) >= 11 is 3.42. The molecule has 2 rings (SSSR count). The van der Waals surface area contributed by atoms with Gasteiger partial charge in [0.15, 0.2) is 0 Å². The summed E-state index contributed by atoms with van der Waals surface area (Å²) in [4.78, 5) is 0. The molecule has 0 aliphatic heterocycles. The van der Waals surface area contributed by atoms with E-state index in [-0.39, 0.29) is 0 Å². The van der Waals surface area contributed by atoms with Gasteiger partial charge in [-0.05, 0) is 43.5 Å². The highest BCUT2D eigenvalue weighted by Gasteiger charge is 2.25. The van der Waals surface area contributed by atoms with Crippen molar-refractivity contribution in [2.45, 2.75) is 25.3 Å². The van der Waals surface area contributed by atoms with Crippen molar-refractivity contribution < 1.29 is 0 Å². The minimum absolute atomic E-state index is 0.445. The average molecular weight is 294 g/mol. The maximum absolute atomic E-state index is 8.93. The van der Waals surface area contributed by atoms with Crippen LogP contribution in [0.1, 0.15) is 24.8 Å². The zero-order valence-electron chi connectivity index (χ0n) is 9.62. The highest BCUT2D eigenvalue weighted by Crippen LogP contribution is 2.29. The van der Waals surface area contributed by atoms with Crippen LogP contribution in [0.5, 0.6) is 0 Å². The smallest absolute Gasteiger partial charge is 0.0992 e. The van der Waals surface area contributed by atoms with Crippen LogP contribution in [0.3, 0.4) is 0 Å². The number of anilines is 1. The van der Waals surface area contributed by atoms with Gasteiger partial charge in [-0.1, -0.05) is 22.4 Å². The average Bonchev–Trinajstić information content (AvgIpc) is 2.75. The van der Waals surface area contributed by atoms with Gasteiger partial charge in [-0.25, -0.2) is 0 Å². The number of nitrogens with zero attached hydrogens (tertiary/aromatic N) is 1. The van der Waals surface area contributed by atoms with Crippen molar-refractivity contribution in [3.05, 3.63) is 28.2 Å². The quantitative estimate of drug-likeness (QED) is 0.901. The van der Waals surface area contributed by atoms with Gasteiger partial charge >= 0.3 is 0 Å². The third kappa shape index (κ3) is 2.99. The lowest BCUT2D eigenvalue weighted by Crippen LogP contribution is -2.29. The van der Waals surface area contributed by atoms with Gasteiger partial charge in [0.2, 0.25) is 0 Å². The lowest BCUT2D eigenvalue weighted by atomic mass is 10.0. The van der Waals surface area contributed by atoms with Gasteiger partial charge in [-0.15, -0.1) is 0 Å². The van der Waals surface area contributed by atoms with E-state index in [0.717, 1.165) is 23.1 Å². The van der Waals surface area contributed by atoms with Gasteiger partial charge in [0.05, 0.1) is 11.6 Å². The molecular weight excluding hydrogens is 278 g/mol. The first-order valence-corrected chi connectivity index (χ1v) is 6.69. The Kier molecular flexibility index (Phi) is 4.03. The summed E-state index contributed by atoms with van der Waals surface area (Å²) in [6, 6.07) is 8.32. The summed E-state index contributed by atoms with van der Waals surface area (Å²) in [5.41, 5.74) is 7.43. The number of nitrogens with two attached hydrogens (primary N) is 1. The molecule has 17 heavy (non-hydrogen) atoms. The molecule has 0 heterocycles. The molecule has 3 nitrogen and oxygen atoms in total. The summed E-state index contributed by atoms with van der Waals surface area (Å²) in [7, 11) is 0. The third-order valence-corrected chi connectivity index (χ3v) is 3.80. The van der Waals surface area contributed by atoms with Gasteiger partial charge < -0.3 is 11.1 Å². The van der Waals surface area contributed by atoms with E-state index in [2.05, 4.69) is 27.3 Å². The molecule has 3 N–H and O–H groups in total. The van der Waals surface area contributed by atoms with Crippen molar-refractivity contribution >= 4 is 21.6 Å². The minimum atomic E-state index is 0.445. The van der Waals surface area contributed by atoms with Gasteiger partial charge in [-0.2, -0.15) is 5.26 Å². The van der Waals surface area contributed by atoms with Crippen LogP contribution in [0.2, 0.25) is 0 Å². The molecule has 2 unspecified atom stereocenters. The molecule has 1 aliphatic carbocycles. The van der Waals surface area contributed by atoms with Crippen LogP contribution in [0.15, 0.2) is 22.7 Å². The predicted molar refractivity (Wildman–Crippen MR) is 72.7 cm³/mol. The Balaban J connectivity index is 2.13. The van der Waals surface area contributed by atoms with Crippen LogP contribution in [-0.4, -0.2) is 12.6 Å². The zero-order chi connectivity index (χ0) is 12.3. The van der Waals surface area contributed by atoms with Crippen molar-refractivity contribution in [1.82, 2.24) is 0 Å². The van der Waals surface area contributed by atoms with E-state index < -0.39 is 0 Å². The minimum Gasteiger partial charge on any atom is -0.382 e. The van der Waals surface area contributed by atoms with Crippen molar-refractivity contribution in [3.63, 3.8) is 0 Å². The lowest BCUT2D eigenvalue weighted by Gasteiger charge is -2.21. The van der Waals surface area contributed by atoms with Gasteiger partial charge in [0.1, 0.15) is 0 Å². The fourth-order valence-electron chi connectivity index (χ4n) is 2.46. The Bertz CT molecular complexity index is 439. The number of hydrogen-bond donors (Lipinski definition) is 2. The molecule has 1 aromatic rings. The molecule has 1 saturated carbocycles. The lowest BCUT2D eigenvalue weighted by molar-refractivity contribution is 0.516. The standard InChI is InChI=1S/C13H16BrN3/c14-11-4-9(7-15)5-12(6-11)17-13-3-1-2-10(13)8-16/h4-6,10,13,17H,1-3,8,16H2. The Morgan fingerprint density at radius 1 is 1.41 bits per heavy atom. The molecular formula is C13H16BrN3. The molecule has 0 amide bonds. The topological polar surface area (TPSA) is 61.8 Å². The van der Waals surface area contributed by atoms with Crippen molar-refractivity contribution in [2.75, 3.05) is 11.9 Å². The second-order valence-corrected chi connectivity index (χ2v) is 5.43. The van der Waals surface area contributed by atoms with Crippen LogP contribution in [0, 0.1) is 17.2 Å². The first kappa shape index (κ1) is 12.4. The van der Waals surface area contributed by atoms with Gasteiger partial charge in [-0.3, -0.25) is 0 Å². The van der Waals surface area contributed by atoms with E-state index in [1.54, 1.807) is 0 Å². The first-order chi connectivity index (χ1) is 8.22. The van der Waals surface area contributed by atoms with E-state index in [1.165, 1.54) is 12.8 Å². The molecule has 1 aromatic carbocycles. The number of benzene rings is 1. The molecule has 1 aliphatic rings. The third-order valence-electron chi connectivity index (χ3n) is 3.34. The van der Waals surface area contributed by atoms with E-state index in [0.29, 0.717) is 17.5 Å². The highest BCUT2D eigenvalue weighted by molar-refractivity contribution is 9.10. The number of rotatable bonds is 3. The molecule has 0 spiro atoms. The number of nitriles is 1. The molecule has 90 valence electrons. The van der Waals surface area contributed by atoms with E-state index in [1.807, 2.05) is 18.2 Å². The van der Waals surface area contributed by atoms with E-state index in [9.17, 15) is 0 Å². The second-order valence-electron chi connectivity index (χ2n) is 4.52. The summed E-state index contributed by atoms with van der Waals surface area (Å²) in [6.45, 7) is 0.733. The Labute approximate surface area is 110 Å². The van der Waals surface area contributed by atoms with Crippen LogP contribution in [-0.2, 0) is 0 Å². The Morgan fingerprint density at radius 2 is 2.24 bits per heavy atom. The van der Waals surface area contributed by atoms with Gasteiger partial charge in [0.25, 0.3) is 0 Å². The van der Waals surface area contributed by atoms with Crippen LogP contribution in [0.25, 0.3) is 0 Å². The maximum atomic E-state index is 8.93. The Hall–Kier alpha value is -1.05. The summed E-state index contributed by atoms with van der Waals surface area (Å²) in [6.07, 6.45) is 3.60. The Morgan fingerprint density at radius 3 is 2.94 bits per heavy atom. The summed E-state index contributed by atoms with van der Waals surface area (Å²) < 4.78 is 0.932. The zero-order valence-corrected chi connectivity index (χ0v) is 11.2. The van der Waals surface area contributed by atoms with Crippen molar-refractivity contribution in [2.24, 2.45) is 11.7 Å². The molecule has 0 aromatic heterocycles. The van der Waals surface area contributed by atoms with Crippen LogP contribution >= 0.6 is 15.9 Å². The number of hydrogen-bond acceptors (Lipinski definition) is 3. The monoisotopic (exact) mass is 293 g/mol. The van der Waals surface area contributed by atoms with E-state index >= 15 is 0 Å². The molecule has 1 fully saturated rings. The summed E-state index contributed by atoms with van der Waals surface area (Å²) in [5.74, 6) is 0.555. The maximum Gasteiger partial charge on any atom is 0.0992 e. The SMILES string of the molecule is N#Cc1cc(Br)cc(NC2CCCC2CN)c1. The molecule has 0 saturated heterocycles. The van der Waals surface area contributed by atoms with Crippen molar-refractivity contribution in [3.8, 4) is 6.07 Å². The molecule has 4 heteroatoms. The van der Waals surface area contributed by atoms with Crippen molar-refractivity contribution in [1.29, 1.82) is 5.26 Å². The molecule has 0 bridgehead atoms. The van der Waals surface area contributed by atoms with Gasteiger partial charge in [0, 0.05) is 16.2 Å². The molecule has 0 radical (unpaired) electrons. The summed E-state index contributed by atoms with van der Waals surface area (Å²) in [5, 5.41) is 12.4. The first-order valence-electron chi connectivity index (χ1n) is 5.90. The fraction of sp³-hybridized carbons (Fsp3) is 0.462. The second kappa shape index (κ2) is 5.52. The van der Waals surface area contributed by atoms with E-state index in [4.69, 9.17) is 11.0 Å². The fourth-order valence-corrected chi connectivity index (χ4v) is 2.95. The number of nitrogens with one attached hydrogen (secondary N) is 1. The predicted octanol–water partition coefficient (Wildman–Crippen LogP) is 2.86. The highest BCUT2D eigenvalue weighted by atomic mass is 79.9.